The van der Waals surface area contributed by atoms with Crippen molar-refractivity contribution in [2.45, 2.75) is 39.2 Å². The van der Waals surface area contributed by atoms with Crippen LogP contribution in [0.3, 0.4) is 0 Å². The zero-order valence-corrected chi connectivity index (χ0v) is 12.3. The molecule has 1 heterocycles. The van der Waals surface area contributed by atoms with Crippen LogP contribution >= 0.6 is 0 Å². The van der Waals surface area contributed by atoms with Crippen LogP contribution in [0.2, 0.25) is 0 Å². The van der Waals surface area contributed by atoms with Gasteiger partial charge in [-0.25, -0.2) is 9.18 Å². The van der Waals surface area contributed by atoms with Gasteiger partial charge in [0.15, 0.2) is 0 Å². The third kappa shape index (κ3) is 3.23. The van der Waals surface area contributed by atoms with Gasteiger partial charge in [0.2, 0.25) is 5.91 Å². The minimum Gasteiger partial charge on any atom is -0.480 e. The molecular weight excluding hydrogens is 273 g/mol. The lowest BCUT2D eigenvalue weighted by molar-refractivity contribution is -0.158. The first kappa shape index (κ1) is 15.5. The Morgan fingerprint density at radius 2 is 2.05 bits per heavy atom. The highest BCUT2D eigenvalue weighted by Gasteiger charge is 2.44. The number of hydrogen-bond acceptors (Lipinski definition) is 2. The maximum absolute atomic E-state index is 13.6. The molecule has 0 bridgehead atoms. The summed E-state index contributed by atoms with van der Waals surface area (Å²) in [5.74, 6) is -1.77. The predicted octanol–water partition coefficient (Wildman–Crippen LogP) is 2.47. The molecule has 5 heteroatoms. The van der Waals surface area contributed by atoms with Gasteiger partial charge < -0.3 is 10.0 Å². The fraction of sp³-hybridized carbons (Fsp3) is 0.500. The Labute approximate surface area is 123 Å². The Morgan fingerprint density at radius 1 is 1.38 bits per heavy atom. The second-order valence-corrected chi connectivity index (χ2v) is 6.19. The lowest BCUT2D eigenvalue weighted by Crippen LogP contribution is -2.56. The van der Waals surface area contributed by atoms with Crippen molar-refractivity contribution < 1.29 is 19.1 Å². The van der Waals surface area contributed by atoms with Crippen molar-refractivity contribution >= 4 is 11.9 Å². The van der Waals surface area contributed by atoms with Crippen LogP contribution in [0.5, 0.6) is 0 Å². The van der Waals surface area contributed by atoms with Crippen LogP contribution in [0.4, 0.5) is 4.39 Å². The van der Waals surface area contributed by atoms with Crippen molar-refractivity contribution in [3.63, 3.8) is 0 Å². The Kier molecular flexibility index (Phi) is 4.30. The van der Waals surface area contributed by atoms with Crippen molar-refractivity contribution in [3.8, 4) is 0 Å². The number of nitrogens with zero attached hydrogens (tertiary/aromatic N) is 1. The van der Waals surface area contributed by atoms with Crippen molar-refractivity contribution in [2.75, 3.05) is 6.54 Å². The smallest absolute Gasteiger partial charge is 0.326 e. The lowest BCUT2D eigenvalue weighted by atomic mass is 9.76. The van der Waals surface area contributed by atoms with Gasteiger partial charge in [0.05, 0.1) is 6.42 Å². The molecule has 1 aromatic rings. The van der Waals surface area contributed by atoms with Crippen molar-refractivity contribution in [2.24, 2.45) is 5.41 Å². The molecule has 0 aliphatic carbocycles. The molecule has 2 rings (SSSR count). The third-order valence-electron chi connectivity index (χ3n) is 4.13. The topological polar surface area (TPSA) is 57.6 Å². The highest BCUT2D eigenvalue weighted by atomic mass is 19.1. The SMILES string of the molecule is CC1(C)CCCN(C(=O)Cc2ccccc2F)C1C(=O)O. The molecule has 0 aromatic heterocycles. The number of carbonyl (C=O) groups is 2. The zero-order valence-electron chi connectivity index (χ0n) is 12.3. The minimum absolute atomic E-state index is 0.105. The number of hydrogen-bond donors (Lipinski definition) is 1. The number of benzene rings is 1. The number of amides is 1. The standard InChI is InChI=1S/C16H20FNO3/c1-16(2)8-5-9-18(14(16)15(20)21)13(19)10-11-6-3-4-7-12(11)17/h3-4,6-7,14H,5,8-10H2,1-2H3,(H,20,21). The molecule has 21 heavy (non-hydrogen) atoms. The molecule has 1 aliphatic heterocycles. The summed E-state index contributed by atoms with van der Waals surface area (Å²) in [4.78, 5) is 25.3. The quantitative estimate of drug-likeness (QED) is 0.931. The monoisotopic (exact) mass is 293 g/mol. The van der Waals surface area contributed by atoms with Gasteiger partial charge in [-0.05, 0) is 29.9 Å². The predicted molar refractivity (Wildman–Crippen MR) is 76.3 cm³/mol. The molecule has 1 unspecified atom stereocenters. The molecule has 1 N–H and O–H groups in total. The Hall–Kier alpha value is -1.91. The number of aliphatic carboxylic acids is 1. The van der Waals surface area contributed by atoms with Gasteiger partial charge >= 0.3 is 5.97 Å². The maximum Gasteiger partial charge on any atom is 0.326 e. The number of rotatable bonds is 3. The summed E-state index contributed by atoms with van der Waals surface area (Å²) in [7, 11) is 0. The number of carboxylic acids is 1. The van der Waals surface area contributed by atoms with Crippen LogP contribution in [0.1, 0.15) is 32.3 Å². The average molecular weight is 293 g/mol. The van der Waals surface area contributed by atoms with Crippen LogP contribution < -0.4 is 0 Å². The fourth-order valence-corrected chi connectivity index (χ4v) is 3.04. The summed E-state index contributed by atoms with van der Waals surface area (Å²) in [5, 5.41) is 9.45. The van der Waals surface area contributed by atoms with Crippen molar-refractivity contribution in [1.29, 1.82) is 0 Å². The number of carbonyl (C=O) groups excluding carboxylic acids is 1. The molecule has 1 aliphatic rings. The molecule has 114 valence electrons. The first-order chi connectivity index (χ1) is 9.83. The minimum atomic E-state index is -0.999. The van der Waals surface area contributed by atoms with Crippen LogP contribution in [0.25, 0.3) is 0 Å². The van der Waals surface area contributed by atoms with E-state index in [1.54, 1.807) is 18.2 Å². The van der Waals surface area contributed by atoms with E-state index in [0.29, 0.717) is 12.1 Å². The first-order valence-electron chi connectivity index (χ1n) is 7.08. The van der Waals surface area contributed by atoms with Gasteiger partial charge in [-0.2, -0.15) is 0 Å². The summed E-state index contributed by atoms with van der Waals surface area (Å²) in [5.41, 5.74) is -0.176. The second-order valence-electron chi connectivity index (χ2n) is 6.19. The van der Waals surface area contributed by atoms with E-state index in [9.17, 15) is 19.1 Å². The highest BCUT2D eigenvalue weighted by Crippen LogP contribution is 2.35. The van der Waals surface area contributed by atoms with E-state index >= 15 is 0 Å². The molecule has 1 atom stereocenters. The van der Waals surface area contributed by atoms with E-state index < -0.39 is 23.2 Å². The Balaban J connectivity index is 2.21. The van der Waals surface area contributed by atoms with Gasteiger partial charge in [-0.1, -0.05) is 32.0 Å². The highest BCUT2D eigenvalue weighted by molar-refractivity contribution is 5.85. The summed E-state index contributed by atoms with van der Waals surface area (Å²) < 4.78 is 13.6. The van der Waals surface area contributed by atoms with E-state index in [1.165, 1.54) is 11.0 Å². The Morgan fingerprint density at radius 3 is 2.67 bits per heavy atom. The maximum atomic E-state index is 13.6. The number of carboxylic acid groups (broad SMARTS) is 1. The van der Waals surface area contributed by atoms with Crippen molar-refractivity contribution in [1.82, 2.24) is 4.90 Å². The zero-order chi connectivity index (χ0) is 15.6. The molecule has 4 nitrogen and oxygen atoms in total. The molecule has 0 radical (unpaired) electrons. The van der Waals surface area contributed by atoms with Crippen molar-refractivity contribution in [3.05, 3.63) is 35.6 Å². The van der Waals surface area contributed by atoms with E-state index in [-0.39, 0.29) is 12.3 Å². The number of likely N-dealkylation sites (tertiary alicyclic amines) is 1. The van der Waals surface area contributed by atoms with Gasteiger partial charge in [0.1, 0.15) is 11.9 Å². The Bertz CT molecular complexity index is 556. The largest absolute Gasteiger partial charge is 0.480 e. The van der Waals surface area contributed by atoms with E-state index in [4.69, 9.17) is 0 Å². The van der Waals surface area contributed by atoms with E-state index in [0.717, 1.165) is 12.8 Å². The average Bonchev–Trinajstić information content (AvgIpc) is 2.39. The van der Waals surface area contributed by atoms with Gasteiger partial charge in [0.25, 0.3) is 0 Å². The van der Waals surface area contributed by atoms with Crippen LogP contribution in [-0.2, 0) is 16.0 Å². The van der Waals surface area contributed by atoms with E-state index in [1.807, 2.05) is 13.8 Å². The first-order valence-corrected chi connectivity index (χ1v) is 7.08. The van der Waals surface area contributed by atoms with Crippen LogP contribution in [0, 0.1) is 11.2 Å². The third-order valence-corrected chi connectivity index (χ3v) is 4.13. The number of halogens is 1. The molecule has 1 aromatic carbocycles. The van der Waals surface area contributed by atoms with Gasteiger partial charge in [-0.15, -0.1) is 0 Å². The molecule has 1 amide bonds. The molecule has 1 fully saturated rings. The number of piperidine rings is 1. The molecule has 0 saturated carbocycles. The molecule has 1 saturated heterocycles. The van der Waals surface area contributed by atoms with Crippen LogP contribution in [-0.4, -0.2) is 34.5 Å². The normalized spacial score (nSPS) is 21.1. The summed E-state index contributed by atoms with van der Waals surface area (Å²) in [6, 6.07) is 5.23. The van der Waals surface area contributed by atoms with Crippen LogP contribution in [0.15, 0.2) is 24.3 Å². The second kappa shape index (κ2) is 5.84. The van der Waals surface area contributed by atoms with Gasteiger partial charge in [-0.3, -0.25) is 4.79 Å². The molecular formula is C16H20FNO3. The summed E-state index contributed by atoms with van der Waals surface area (Å²) in [6.07, 6.45) is 1.42. The van der Waals surface area contributed by atoms with Gasteiger partial charge in [0, 0.05) is 6.54 Å². The van der Waals surface area contributed by atoms with E-state index in [2.05, 4.69) is 0 Å². The lowest BCUT2D eigenvalue weighted by Gasteiger charge is -2.44. The summed E-state index contributed by atoms with van der Waals surface area (Å²) in [6.45, 7) is 4.12. The summed E-state index contributed by atoms with van der Waals surface area (Å²) >= 11 is 0. The molecule has 0 spiro atoms. The fourth-order valence-electron chi connectivity index (χ4n) is 3.04.